The lowest BCUT2D eigenvalue weighted by Crippen LogP contribution is -2.46. The molecule has 2 aromatic carbocycles. The molecule has 0 radical (unpaired) electrons. The van der Waals surface area contributed by atoms with Crippen LogP contribution in [0, 0.1) is 17.0 Å². The Labute approximate surface area is 168 Å². The minimum Gasteiger partial charge on any atom is -0.399 e. The molecule has 7 heteroatoms. The number of benzene rings is 2. The van der Waals surface area contributed by atoms with Gasteiger partial charge in [0.1, 0.15) is 17.7 Å². The molecule has 0 aromatic heterocycles. The van der Waals surface area contributed by atoms with Crippen molar-refractivity contribution in [2.24, 2.45) is 5.41 Å². The molecule has 0 spiro atoms. The Morgan fingerprint density at radius 2 is 1.90 bits per heavy atom. The summed E-state index contributed by atoms with van der Waals surface area (Å²) in [5, 5.41) is 2.50. The molecule has 1 aliphatic rings. The van der Waals surface area contributed by atoms with Gasteiger partial charge in [0.15, 0.2) is 0 Å². The highest BCUT2D eigenvalue weighted by molar-refractivity contribution is 5.98. The number of nitrogen functional groups attached to an aromatic ring is 1. The van der Waals surface area contributed by atoms with Crippen LogP contribution in [0.3, 0.4) is 0 Å². The van der Waals surface area contributed by atoms with Gasteiger partial charge in [-0.2, -0.15) is 0 Å². The summed E-state index contributed by atoms with van der Waals surface area (Å²) in [4.78, 5) is 27.6. The number of carbonyl (C=O) groups excluding carboxylic acids is 2. The number of amides is 2. The summed E-state index contributed by atoms with van der Waals surface area (Å²) in [7, 11) is 0. The molecule has 29 heavy (non-hydrogen) atoms. The van der Waals surface area contributed by atoms with Crippen molar-refractivity contribution in [2.75, 3.05) is 17.6 Å². The van der Waals surface area contributed by atoms with Gasteiger partial charge in [-0.15, -0.1) is 0 Å². The fourth-order valence-electron chi connectivity index (χ4n) is 3.53. The second-order valence-electron chi connectivity index (χ2n) is 8.55. The summed E-state index contributed by atoms with van der Waals surface area (Å²) in [5.74, 6) is -2.34. The Bertz CT molecular complexity index is 954. The van der Waals surface area contributed by atoms with Gasteiger partial charge in [0.2, 0.25) is 5.91 Å². The van der Waals surface area contributed by atoms with Crippen molar-refractivity contribution in [2.45, 2.75) is 39.7 Å². The second kappa shape index (κ2) is 7.81. The third-order valence-electron chi connectivity index (χ3n) is 4.84. The number of nitrogens with one attached hydrogen (secondary N) is 1. The molecule has 3 rings (SSSR count). The van der Waals surface area contributed by atoms with Crippen LogP contribution in [0.25, 0.3) is 0 Å². The smallest absolute Gasteiger partial charge is 0.251 e. The minimum atomic E-state index is -0.943. The molecule has 1 heterocycles. The van der Waals surface area contributed by atoms with Crippen molar-refractivity contribution in [1.29, 1.82) is 0 Å². The number of hydrogen-bond acceptors (Lipinski definition) is 3. The van der Waals surface area contributed by atoms with Crippen LogP contribution in [0.2, 0.25) is 0 Å². The Hall–Kier alpha value is -2.96. The Morgan fingerprint density at radius 3 is 2.55 bits per heavy atom. The highest BCUT2D eigenvalue weighted by Gasteiger charge is 2.37. The Morgan fingerprint density at radius 1 is 1.17 bits per heavy atom. The number of rotatable bonds is 3. The molecule has 1 aliphatic heterocycles. The molecule has 154 valence electrons. The maximum atomic E-state index is 14.1. The van der Waals surface area contributed by atoms with Gasteiger partial charge in [-0.3, -0.25) is 9.59 Å². The van der Waals surface area contributed by atoms with Gasteiger partial charge in [0.05, 0.1) is 5.69 Å². The van der Waals surface area contributed by atoms with Crippen LogP contribution < -0.4 is 11.1 Å². The van der Waals surface area contributed by atoms with E-state index in [1.807, 2.05) is 26.8 Å². The SMILES string of the molecule is CC(C)(C)CC(=O)N1CCc2ccc(N)cc2C1C(=O)Nc1ccc(F)cc1F. The van der Waals surface area contributed by atoms with Crippen LogP contribution in [0.4, 0.5) is 20.2 Å². The average molecular weight is 401 g/mol. The van der Waals surface area contributed by atoms with Crippen molar-refractivity contribution >= 4 is 23.2 Å². The molecule has 0 aliphatic carbocycles. The average Bonchev–Trinajstić information content (AvgIpc) is 2.61. The molecule has 2 amide bonds. The van der Waals surface area contributed by atoms with Gasteiger partial charge >= 0.3 is 0 Å². The number of nitrogens with two attached hydrogens (primary N) is 1. The first-order chi connectivity index (χ1) is 13.5. The summed E-state index contributed by atoms with van der Waals surface area (Å²) in [6.45, 7) is 6.22. The maximum Gasteiger partial charge on any atom is 0.251 e. The predicted octanol–water partition coefficient (Wildman–Crippen LogP) is 4.05. The van der Waals surface area contributed by atoms with E-state index in [0.29, 0.717) is 30.3 Å². The molecule has 1 atom stereocenters. The van der Waals surface area contributed by atoms with E-state index >= 15 is 0 Å². The molecule has 5 nitrogen and oxygen atoms in total. The highest BCUT2D eigenvalue weighted by Crippen LogP contribution is 2.34. The number of nitrogens with zero attached hydrogens (tertiary/aromatic N) is 1. The third-order valence-corrected chi connectivity index (χ3v) is 4.84. The molecule has 0 saturated carbocycles. The van der Waals surface area contributed by atoms with Crippen LogP contribution in [-0.2, 0) is 16.0 Å². The molecule has 1 unspecified atom stereocenters. The van der Waals surface area contributed by atoms with Crippen molar-refractivity contribution < 1.29 is 18.4 Å². The predicted molar refractivity (Wildman–Crippen MR) is 108 cm³/mol. The first kappa shape index (κ1) is 20.8. The molecule has 2 aromatic rings. The monoisotopic (exact) mass is 401 g/mol. The summed E-state index contributed by atoms with van der Waals surface area (Å²) >= 11 is 0. The lowest BCUT2D eigenvalue weighted by Gasteiger charge is -2.38. The fourth-order valence-corrected chi connectivity index (χ4v) is 3.53. The fraction of sp³-hybridized carbons (Fsp3) is 0.364. The first-order valence-corrected chi connectivity index (χ1v) is 9.49. The number of hydrogen-bond donors (Lipinski definition) is 2. The van der Waals surface area contributed by atoms with Gasteiger partial charge < -0.3 is 16.0 Å². The zero-order valence-electron chi connectivity index (χ0n) is 16.8. The van der Waals surface area contributed by atoms with Crippen molar-refractivity contribution in [3.63, 3.8) is 0 Å². The molecule has 0 fully saturated rings. The molecule has 3 N–H and O–H groups in total. The van der Waals surface area contributed by atoms with E-state index in [1.54, 1.807) is 12.1 Å². The topological polar surface area (TPSA) is 75.4 Å². The standard InChI is InChI=1S/C22H25F2N3O2/c1-22(2,3)12-19(28)27-9-8-13-4-6-15(25)11-16(13)20(27)21(29)26-18-7-5-14(23)10-17(18)24/h4-7,10-11,20H,8-9,12,25H2,1-3H3,(H,26,29). The first-order valence-electron chi connectivity index (χ1n) is 9.49. The Kier molecular flexibility index (Phi) is 5.59. The van der Waals surface area contributed by atoms with E-state index in [0.717, 1.165) is 17.7 Å². The van der Waals surface area contributed by atoms with Crippen molar-refractivity contribution in [1.82, 2.24) is 4.90 Å². The lowest BCUT2D eigenvalue weighted by atomic mass is 9.88. The summed E-state index contributed by atoms with van der Waals surface area (Å²) in [5.41, 5.74) is 7.54. The summed E-state index contributed by atoms with van der Waals surface area (Å²) in [6.07, 6.45) is 0.861. The second-order valence-corrected chi connectivity index (χ2v) is 8.55. The summed E-state index contributed by atoms with van der Waals surface area (Å²) in [6, 6.07) is 7.25. The molecule has 0 saturated heterocycles. The van der Waals surface area contributed by atoms with Crippen LogP contribution in [0.1, 0.15) is 44.4 Å². The van der Waals surface area contributed by atoms with Crippen LogP contribution >= 0.6 is 0 Å². The third kappa shape index (κ3) is 4.72. The summed E-state index contributed by atoms with van der Waals surface area (Å²) < 4.78 is 27.2. The van der Waals surface area contributed by atoms with Crippen molar-refractivity contribution in [3.8, 4) is 0 Å². The Balaban J connectivity index is 1.97. The van der Waals surface area contributed by atoms with E-state index in [-0.39, 0.29) is 23.4 Å². The largest absolute Gasteiger partial charge is 0.399 e. The quantitative estimate of drug-likeness (QED) is 0.762. The van der Waals surface area contributed by atoms with Crippen LogP contribution in [0.15, 0.2) is 36.4 Å². The maximum absolute atomic E-state index is 14.1. The minimum absolute atomic E-state index is 0.143. The number of fused-ring (bicyclic) bond motifs is 1. The van der Waals surface area contributed by atoms with Gasteiger partial charge in [0.25, 0.3) is 5.91 Å². The van der Waals surface area contributed by atoms with E-state index in [9.17, 15) is 18.4 Å². The van der Waals surface area contributed by atoms with Gasteiger partial charge in [-0.05, 0) is 47.2 Å². The van der Waals surface area contributed by atoms with Gasteiger partial charge in [-0.1, -0.05) is 26.8 Å². The molecular weight excluding hydrogens is 376 g/mol. The zero-order valence-corrected chi connectivity index (χ0v) is 16.8. The number of halogens is 2. The van der Waals surface area contributed by atoms with E-state index in [4.69, 9.17) is 5.73 Å². The van der Waals surface area contributed by atoms with Crippen molar-refractivity contribution in [3.05, 3.63) is 59.2 Å². The van der Waals surface area contributed by atoms with E-state index in [1.165, 1.54) is 4.90 Å². The number of anilines is 2. The normalized spacial score (nSPS) is 16.3. The van der Waals surface area contributed by atoms with E-state index < -0.39 is 23.6 Å². The highest BCUT2D eigenvalue weighted by atomic mass is 19.1. The van der Waals surface area contributed by atoms with Crippen LogP contribution in [0.5, 0.6) is 0 Å². The number of carbonyl (C=O) groups is 2. The molecule has 0 bridgehead atoms. The zero-order chi connectivity index (χ0) is 21.3. The van der Waals surface area contributed by atoms with Gasteiger partial charge in [-0.25, -0.2) is 8.78 Å². The van der Waals surface area contributed by atoms with E-state index in [2.05, 4.69) is 5.32 Å². The van der Waals surface area contributed by atoms with Crippen LogP contribution in [-0.4, -0.2) is 23.3 Å². The molecular formula is C22H25F2N3O2. The lowest BCUT2D eigenvalue weighted by molar-refractivity contribution is -0.141. The van der Waals surface area contributed by atoms with Gasteiger partial charge in [0, 0.05) is 24.7 Å².